The second-order valence-electron chi connectivity index (χ2n) is 5.44. The molecule has 2 rings (SSSR count). The molecule has 5 heteroatoms. The van der Waals surface area contributed by atoms with Crippen molar-refractivity contribution in [3.05, 3.63) is 22.8 Å². The molecule has 0 spiro atoms. The lowest BCUT2D eigenvalue weighted by Crippen LogP contribution is -2.39. The van der Waals surface area contributed by atoms with Crippen molar-refractivity contribution in [2.75, 3.05) is 18.4 Å². The largest absolute Gasteiger partial charge is 0.370 e. The first-order valence-corrected chi connectivity index (χ1v) is 7.10. The summed E-state index contributed by atoms with van der Waals surface area (Å²) in [4.78, 5) is 16.2. The first-order valence-electron chi connectivity index (χ1n) is 6.72. The molecule has 1 aliphatic rings. The van der Waals surface area contributed by atoms with Gasteiger partial charge < -0.3 is 10.6 Å². The highest BCUT2D eigenvalue weighted by atomic mass is 35.5. The normalized spacial score (nSPS) is 16.6. The highest BCUT2D eigenvalue weighted by Gasteiger charge is 2.31. The van der Waals surface area contributed by atoms with Gasteiger partial charge in [-0.2, -0.15) is 0 Å². The summed E-state index contributed by atoms with van der Waals surface area (Å²) in [6.07, 6.45) is 3.64. The molecule has 1 heterocycles. The van der Waals surface area contributed by atoms with Crippen molar-refractivity contribution in [1.29, 1.82) is 0 Å². The summed E-state index contributed by atoms with van der Waals surface area (Å²) < 4.78 is 0. The van der Waals surface area contributed by atoms with E-state index < -0.39 is 0 Å². The molecule has 1 saturated carbocycles. The molecule has 19 heavy (non-hydrogen) atoms. The van der Waals surface area contributed by atoms with Crippen molar-refractivity contribution in [2.45, 2.75) is 33.1 Å². The maximum absolute atomic E-state index is 12.1. The van der Waals surface area contributed by atoms with Gasteiger partial charge in [-0.1, -0.05) is 24.9 Å². The zero-order valence-corrected chi connectivity index (χ0v) is 12.2. The molecule has 1 aliphatic carbocycles. The Kier molecular flexibility index (Phi) is 4.30. The van der Waals surface area contributed by atoms with Crippen molar-refractivity contribution < 1.29 is 4.79 Å². The van der Waals surface area contributed by atoms with Crippen LogP contribution in [0.4, 0.5) is 5.82 Å². The summed E-state index contributed by atoms with van der Waals surface area (Å²) in [7, 11) is 0. The summed E-state index contributed by atoms with van der Waals surface area (Å²) in [5.41, 5.74) is 0.829. The van der Waals surface area contributed by atoms with Crippen molar-refractivity contribution in [3.8, 4) is 0 Å². The van der Waals surface area contributed by atoms with Crippen LogP contribution in [0.15, 0.2) is 12.1 Å². The molecule has 1 amide bonds. The number of pyridine rings is 1. The fourth-order valence-electron chi connectivity index (χ4n) is 2.25. The first-order chi connectivity index (χ1) is 9.02. The van der Waals surface area contributed by atoms with Crippen LogP contribution in [0, 0.1) is 5.41 Å². The number of nitrogens with zero attached hydrogens (tertiary/aromatic N) is 1. The van der Waals surface area contributed by atoms with Crippen molar-refractivity contribution >= 4 is 23.3 Å². The first kappa shape index (κ1) is 14.1. The quantitative estimate of drug-likeness (QED) is 0.816. The fourth-order valence-corrected chi connectivity index (χ4v) is 2.46. The van der Waals surface area contributed by atoms with Crippen LogP contribution < -0.4 is 10.6 Å². The van der Waals surface area contributed by atoms with E-state index in [1.165, 1.54) is 19.3 Å². The Morgan fingerprint density at radius 1 is 1.47 bits per heavy atom. The number of hydrogen-bond donors (Lipinski definition) is 2. The van der Waals surface area contributed by atoms with Crippen molar-refractivity contribution in [2.24, 2.45) is 5.41 Å². The SMILES string of the molecule is CCNc1cc(C(=O)NCC2(C)CCC2)cc(Cl)n1. The zero-order valence-electron chi connectivity index (χ0n) is 11.4. The van der Waals surface area contributed by atoms with Gasteiger partial charge in [-0.05, 0) is 37.3 Å². The van der Waals surface area contributed by atoms with Gasteiger partial charge in [0.25, 0.3) is 5.91 Å². The van der Waals surface area contributed by atoms with E-state index in [4.69, 9.17) is 11.6 Å². The highest BCUT2D eigenvalue weighted by molar-refractivity contribution is 6.29. The minimum Gasteiger partial charge on any atom is -0.370 e. The van der Waals surface area contributed by atoms with E-state index >= 15 is 0 Å². The smallest absolute Gasteiger partial charge is 0.251 e. The van der Waals surface area contributed by atoms with Crippen LogP contribution in [0.2, 0.25) is 5.15 Å². The van der Waals surface area contributed by atoms with Gasteiger partial charge in [0, 0.05) is 18.7 Å². The molecule has 0 atom stereocenters. The maximum Gasteiger partial charge on any atom is 0.251 e. The topological polar surface area (TPSA) is 54.0 Å². The Bertz CT molecular complexity index is 472. The van der Waals surface area contributed by atoms with Gasteiger partial charge in [0.1, 0.15) is 11.0 Å². The Morgan fingerprint density at radius 3 is 2.79 bits per heavy atom. The van der Waals surface area contributed by atoms with Gasteiger partial charge in [0.05, 0.1) is 0 Å². The zero-order chi connectivity index (χ0) is 13.9. The lowest BCUT2D eigenvalue weighted by Gasteiger charge is -2.38. The van der Waals surface area contributed by atoms with Gasteiger partial charge in [-0.25, -0.2) is 4.98 Å². The Hall–Kier alpha value is -1.29. The Balaban J connectivity index is 2.01. The molecule has 0 saturated heterocycles. The molecule has 1 fully saturated rings. The fraction of sp³-hybridized carbons (Fsp3) is 0.571. The lowest BCUT2D eigenvalue weighted by molar-refractivity contribution is 0.0890. The molecule has 1 aromatic rings. The third-order valence-electron chi connectivity index (χ3n) is 3.65. The molecule has 0 bridgehead atoms. The third kappa shape index (κ3) is 3.60. The second-order valence-corrected chi connectivity index (χ2v) is 5.83. The third-order valence-corrected chi connectivity index (χ3v) is 3.84. The van der Waals surface area contributed by atoms with Gasteiger partial charge in [0.15, 0.2) is 0 Å². The van der Waals surface area contributed by atoms with E-state index in [9.17, 15) is 4.79 Å². The molecule has 0 radical (unpaired) electrons. The van der Waals surface area contributed by atoms with Crippen molar-refractivity contribution in [1.82, 2.24) is 10.3 Å². The number of carbonyl (C=O) groups excluding carboxylic acids is 1. The molecule has 0 aliphatic heterocycles. The molecule has 104 valence electrons. The number of nitrogens with one attached hydrogen (secondary N) is 2. The van der Waals surface area contributed by atoms with Crippen LogP contribution in [-0.4, -0.2) is 24.0 Å². The number of rotatable bonds is 5. The summed E-state index contributed by atoms with van der Waals surface area (Å²) in [5, 5.41) is 6.38. The standard InChI is InChI=1S/C14H20ClN3O/c1-3-16-12-8-10(7-11(15)18-12)13(19)17-9-14(2)5-4-6-14/h7-8H,3-6,9H2,1-2H3,(H,16,18)(H,17,19). The number of aromatic nitrogens is 1. The predicted octanol–water partition coefficient (Wildman–Crippen LogP) is 3.09. The molecular weight excluding hydrogens is 262 g/mol. The van der Waals surface area contributed by atoms with Gasteiger partial charge in [0.2, 0.25) is 0 Å². The van der Waals surface area contributed by atoms with Gasteiger partial charge >= 0.3 is 0 Å². The second kappa shape index (κ2) is 5.78. The molecule has 0 aromatic carbocycles. The summed E-state index contributed by atoms with van der Waals surface area (Å²) in [6, 6.07) is 3.33. The van der Waals surface area contributed by atoms with Crippen molar-refractivity contribution in [3.63, 3.8) is 0 Å². The van der Waals surface area contributed by atoms with Crippen LogP contribution in [0.25, 0.3) is 0 Å². The number of carbonyl (C=O) groups is 1. The van der Waals surface area contributed by atoms with Gasteiger partial charge in [-0.15, -0.1) is 0 Å². The number of amides is 1. The summed E-state index contributed by atoms with van der Waals surface area (Å²) in [6.45, 7) is 5.65. The van der Waals surface area contributed by atoms with E-state index in [1.54, 1.807) is 12.1 Å². The van der Waals surface area contributed by atoms with Crippen LogP contribution in [0.5, 0.6) is 0 Å². The van der Waals surface area contributed by atoms with E-state index in [-0.39, 0.29) is 11.3 Å². The number of halogens is 1. The van der Waals surface area contributed by atoms with E-state index in [2.05, 4.69) is 22.5 Å². The van der Waals surface area contributed by atoms with Crippen LogP contribution in [0.1, 0.15) is 43.5 Å². The average molecular weight is 282 g/mol. The van der Waals surface area contributed by atoms with Crippen LogP contribution >= 0.6 is 11.6 Å². The minimum atomic E-state index is -0.0865. The molecule has 2 N–H and O–H groups in total. The lowest BCUT2D eigenvalue weighted by atomic mass is 9.70. The summed E-state index contributed by atoms with van der Waals surface area (Å²) >= 11 is 5.93. The molecule has 4 nitrogen and oxygen atoms in total. The van der Waals surface area contributed by atoms with Gasteiger partial charge in [-0.3, -0.25) is 4.79 Å². The molecule has 1 aromatic heterocycles. The average Bonchev–Trinajstić information content (AvgIpc) is 2.33. The van der Waals surface area contributed by atoms with E-state index in [1.807, 2.05) is 6.92 Å². The summed E-state index contributed by atoms with van der Waals surface area (Å²) in [5.74, 6) is 0.548. The minimum absolute atomic E-state index is 0.0865. The van der Waals surface area contributed by atoms with E-state index in [0.29, 0.717) is 16.5 Å². The Labute approximate surface area is 118 Å². The maximum atomic E-state index is 12.1. The highest BCUT2D eigenvalue weighted by Crippen LogP contribution is 2.39. The number of hydrogen-bond acceptors (Lipinski definition) is 3. The monoisotopic (exact) mass is 281 g/mol. The Morgan fingerprint density at radius 2 is 2.21 bits per heavy atom. The molecule has 0 unspecified atom stereocenters. The molecular formula is C14H20ClN3O. The van der Waals surface area contributed by atoms with E-state index in [0.717, 1.165) is 13.1 Å². The van der Waals surface area contributed by atoms with Crippen LogP contribution in [0.3, 0.4) is 0 Å². The number of anilines is 1. The van der Waals surface area contributed by atoms with Crippen LogP contribution in [-0.2, 0) is 0 Å². The predicted molar refractivity (Wildman–Crippen MR) is 77.7 cm³/mol.